The highest BCUT2D eigenvalue weighted by Gasteiger charge is 2.18. The predicted molar refractivity (Wildman–Crippen MR) is 85.7 cm³/mol. The van der Waals surface area contributed by atoms with Crippen LogP contribution in [0.1, 0.15) is 24.5 Å². The van der Waals surface area contributed by atoms with Crippen molar-refractivity contribution in [1.29, 1.82) is 5.26 Å². The summed E-state index contributed by atoms with van der Waals surface area (Å²) >= 11 is 0. The first-order valence-corrected chi connectivity index (χ1v) is 7.16. The highest BCUT2D eigenvalue weighted by atomic mass is 16.5. The summed E-state index contributed by atoms with van der Waals surface area (Å²) in [7, 11) is 0. The highest BCUT2D eigenvalue weighted by Crippen LogP contribution is 2.16. The summed E-state index contributed by atoms with van der Waals surface area (Å²) in [6.07, 6.45) is -0.0223. The van der Waals surface area contributed by atoms with E-state index in [1.165, 1.54) is 0 Å². The fraction of sp³-hybridized carbons (Fsp3) is 0.222. The van der Waals surface area contributed by atoms with Crippen LogP contribution in [0.5, 0.6) is 5.75 Å². The standard InChI is InChI=1S/C18H18N2O2/c1-3-17(22-16-9-7-13(2)8-10-16)18(21)20-15-6-4-5-14(11-15)12-19/h4-11,17H,3H2,1-2H3,(H,20,21). The lowest BCUT2D eigenvalue weighted by Gasteiger charge is -2.17. The van der Waals surface area contributed by atoms with Gasteiger partial charge < -0.3 is 10.1 Å². The number of hydrogen-bond donors (Lipinski definition) is 1. The number of anilines is 1. The molecule has 2 aromatic carbocycles. The molecule has 0 spiro atoms. The van der Waals surface area contributed by atoms with Crippen LogP contribution in [0.2, 0.25) is 0 Å². The first kappa shape index (κ1) is 15.6. The fourth-order valence-electron chi connectivity index (χ4n) is 1.99. The number of rotatable bonds is 5. The van der Waals surface area contributed by atoms with E-state index in [9.17, 15) is 4.79 Å². The number of aryl methyl sites for hydroxylation is 1. The first-order chi connectivity index (χ1) is 10.6. The molecule has 2 aromatic rings. The van der Waals surface area contributed by atoms with E-state index < -0.39 is 6.10 Å². The van der Waals surface area contributed by atoms with Gasteiger partial charge in [0.1, 0.15) is 5.75 Å². The molecular weight excluding hydrogens is 276 g/mol. The van der Waals surface area contributed by atoms with Gasteiger partial charge >= 0.3 is 0 Å². The number of benzene rings is 2. The van der Waals surface area contributed by atoms with Gasteiger partial charge in [0.15, 0.2) is 6.10 Å². The molecule has 0 saturated carbocycles. The third kappa shape index (κ3) is 4.10. The Morgan fingerprint density at radius 2 is 2.00 bits per heavy atom. The van der Waals surface area contributed by atoms with Crippen molar-refractivity contribution in [3.8, 4) is 11.8 Å². The average Bonchev–Trinajstić information content (AvgIpc) is 2.54. The minimum absolute atomic E-state index is 0.224. The number of nitriles is 1. The molecule has 0 aromatic heterocycles. The number of carbonyl (C=O) groups is 1. The Hall–Kier alpha value is -2.80. The van der Waals surface area contributed by atoms with Crippen LogP contribution >= 0.6 is 0 Å². The number of carbonyl (C=O) groups excluding carboxylic acids is 1. The molecule has 0 heterocycles. The number of nitrogens with zero attached hydrogens (tertiary/aromatic N) is 1. The van der Waals surface area contributed by atoms with E-state index >= 15 is 0 Å². The van der Waals surface area contributed by atoms with E-state index in [2.05, 4.69) is 5.32 Å². The molecule has 0 fully saturated rings. The third-order valence-electron chi connectivity index (χ3n) is 3.22. The van der Waals surface area contributed by atoms with Gasteiger partial charge in [0.25, 0.3) is 5.91 Å². The lowest BCUT2D eigenvalue weighted by atomic mass is 10.2. The Labute approximate surface area is 130 Å². The molecule has 0 radical (unpaired) electrons. The molecular formula is C18H18N2O2. The minimum Gasteiger partial charge on any atom is -0.481 e. The Morgan fingerprint density at radius 1 is 1.27 bits per heavy atom. The molecule has 1 unspecified atom stereocenters. The van der Waals surface area contributed by atoms with E-state index in [0.717, 1.165) is 5.56 Å². The van der Waals surface area contributed by atoms with Crippen LogP contribution in [0.15, 0.2) is 48.5 Å². The molecule has 4 nitrogen and oxygen atoms in total. The van der Waals surface area contributed by atoms with E-state index in [4.69, 9.17) is 10.00 Å². The fourth-order valence-corrected chi connectivity index (χ4v) is 1.99. The lowest BCUT2D eigenvalue weighted by Crippen LogP contribution is -2.32. The maximum Gasteiger partial charge on any atom is 0.265 e. The van der Waals surface area contributed by atoms with Crippen LogP contribution in [0, 0.1) is 18.3 Å². The van der Waals surface area contributed by atoms with Gasteiger partial charge in [-0.15, -0.1) is 0 Å². The number of amides is 1. The SMILES string of the molecule is CCC(Oc1ccc(C)cc1)C(=O)Nc1cccc(C#N)c1. The summed E-state index contributed by atoms with van der Waals surface area (Å²) in [5.74, 6) is 0.441. The van der Waals surface area contributed by atoms with Crippen molar-refractivity contribution in [2.24, 2.45) is 0 Å². The normalized spacial score (nSPS) is 11.3. The zero-order valence-electron chi connectivity index (χ0n) is 12.7. The summed E-state index contributed by atoms with van der Waals surface area (Å²) in [6.45, 7) is 3.89. The monoisotopic (exact) mass is 294 g/mol. The molecule has 0 aliphatic rings. The molecule has 4 heteroatoms. The molecule has 112 valence electrons. The average molecular weight is 294 g/mol. The largest absolute Gasteiger partial charge is 0.481 e. The van der Waals surface area contributed by atoms with E-state index in [-0.39, 0.29) is 5.91 Å². The Bertz CT molecular complexity index is 687. The van der Waals surface area contributed by atoms with Crippen LogP contribution in [-0.4, -0.2) is 12.0 Å². The van der Waals surface area contributed by atoms with Gasteiger partial charge in [0.2, 0.25) is 0 Å². The summed E-state index contributed by atoms with van der Waals surface area (Å²) < 4.78 is 5.73. The van der Waals surface area contributed by atoms with E-state index in [1.807, 2.05) is 44.2 Å². The van der Waals surface area contributed by atoms with Gasteiger partial charge in [0.05, 0.1) is 11.6 Å². The minimum atomic E-state index is -0.576. The number of ether oxygens (including phenoxy) is 1. The molecule has 0 aliphatic carbocycles. The van der Waals surface area contributed by atoms with Gasteiger partial charge in [-0.25, -0.2) is 0 Å². The van der Waals surface area contributed by atoms with Crippen molar-refractivity contribution in [2.45, 2.75) is 26.4 Å². The Balaban J connectivity index is 2.05. The van der Waals surface area contributed by atoms with Crippen LogP contribution < -0.4 is 10.1 Å². The van der Waals surface area contributed by atoms with Crippen molar-refractivity contribution in [3.63, 3.8) is 0 Å². The van der Waals surface area contributed by atoms with Crippen molar-refractivity contribution < 1.29 is 9.53 Å². The second-order valence-corrected chi connectivity index (χ2v) is 5.01. The molecule has 22 heavy (non-hydrogen) atoms. The molecule has 1 N–H and O–H groups in total. The number of nitrogens with one attached hydrogen (secondary N) is 1. The van der Waals surface area contributed by atoms with Crippen LogP contribution in [0.25, 0.3) is 0 Å². The zero-order chi connectivity index (χ0) is 15.9. The summed E-state index contributed by atoms with van der Waals surface area (Å²) in [4.78, 5) is 12.3. The smallest absolute Gasteiger partial charge is 0.265 e. The van der Waals surface area contributed by atoms with Crippen LogP contribution in [0.3, 0.4) is 0 Å². The molecule has 0 aliphatic heterocycles. The molecule has 2 rings (SSSR count). The maximum atomic E-state index is 12.3. The van der Waals surface area contributed by atoms with Gasteiger partial charge in [-0.1, -0.05) is 30.7 Å². The molecule has 1 amide bonds. The first-order valence-electron chi connectivity index (χ1n) is 7.16. The Morgan fingerprint density at radius 3 is 2.64 bits per heavy atom. The van der Waals surface area contributed by atoms with Crippen molar-refractivity contribution in [2.75, 3.05) is 5.32 Å². The van der Waals surface area contributed by atoms with Crippen molar-refractivity contribution >= 4 is 11.6 Å². The van der Waals surface area contributed by atoms with Gasteiger partial charge in [-0.05, 0) is 43.7 Å². The lowest BCUT2D eigenvalue weighted by molar-refractivity contribution is -0.122. The quantitative estimate of drug-likeness (QED) is 0.915. The Kier molecular flexibility index (Phi) is 5.16. The summed E-state index contributed by atoms with van der Waals surface area (Å²) in [5.41, 5.74) is 2.23. The third-order valence-corrected chi connectivity index (χ3v) is 3.22. The topological polar surface area (TPSA) is 62.1 Å². The molecule has 0 bridgehead atoms. The highest BCUT2D eigenvalue weighted by molar-refractivity contribution is 5.94. The van der Waals surface area contributed by atoms with E-state index in [1.54, 1.807) is 24.3 Å². The maximum absolute atomic E-state index is 12.3. The van der Waals surface area contributed by atoms with Gasteiger partial charge in [-0.2, -0.15) is 5.26 Å². The molecule has 0 saturated heterocycles. The summed E-state index contributed by atoms with van der Waals surface area (Å²) in [5, 5.41) is 11.7. The van der Waals surface area contributed by atoms with Gasteiger partial charge in [-0.3, -0.25) is 4.79 Å². The second kappa shape index (κ2) is 7.28. The van der Waals surface area contributed by atoms with Crippen LogP contribution in [0.4, 0.5) is 5.69 Å². The zero-order valence-corrected chi connectivity index (χ0v) is 12.7. The summed E-state index contributed by atoms with van der Waals surface area (Å²) in [6, 6.07) is 16.4. The van der Waals surface area contributed by atoms with Crippen LogP contribution in [-0.2, 0) is 4.79 Å². The number of hydrogen-bond acceptors (Lipinski definition) is 3. The molecule has 1 atom stereocenters. The van der Waals surface area contributed by atoms with Gasteiger partial charge in [0, 0.05) is 5.69 Å². The second-order valence-electron chi connectivity index (χ2n) is 5.01. The van der Waals surface area contributed by atoms with E-state index in [0.29, 0.717) is 23.4 Å². The van der Waals surface area contributed by atoms with Crippen molar-refractivity contribution in [1.82, 2.24) is 0 Å². The van der Waals surface area contributed by atoms with Crippen molar-refractivity contribution in [3.05, 3.63) is 59.7 Å². The predicted octanol–water partition coefficient (Wildman–Crippen LogP) is 3.66.